The molecule has 0 spiro atoms. The van der Waals surface area contributed by atoms with E-state index in [2.05, 4.69) is 48.5 Å². The Bertz CT molecular complexity index is 536. The summed E-state index contributed by atoms with van der Waals surface area (Å²) in [5.41, 5.74) is 1.35. The van der Waals surface area contributed by atoms with Crippen molar-refractivity contribution in [1.82, 2.24) is 0 Å². The maximum Gasteiger partial charge on any atom is 0.133 e. The first kappa shape index (κ1) is 15.8. The largest absolute Gasteiger partial charge is 0.300 e. The maximum atomic E-state index is 11.8. The van der Waals surface area contributed by atoms with Crippen molar-refractivity contribution < 1.29 is 4.79 Å². The first-order valence-electron chi connectivity index (χ1n) is 7.55. The first-order valence-corrected chi connectivity index (χ1v) is 8.43. The lowest BCUT2D eigenvalue weighted by Crippen LogP contribution is -2.11. The molecule has 0 fully saturated rings. The van der Waals surface area contributed by atoms with Crippen molar-refractivity contribution in [1.29, 1.82) is 0 Å². The third-order valence-electron chi connectivity index (χ3n) is 3.49. The summed E-state index contributed by atoms with van der Waals surface area (Å²) in [7, 11) is 0. The molecule has 0 radical (unpaired) electrons. The minimum Gasteiger partial charge on any atom is -0.300 e. The van der Waals surface area contributed by atoms with Crippen LogP contribution in [0.2, 0.25) is 0 Å². The molecule has 2 heteroatoms. The van der Waals surface area contributed by atoms with Gasteiger partial charge in [-0.25, -0.2) is 0 Å². The van der Waals surface area contributed by atoms with Crippen LogP contribution in [0.15, 0.2) is 65.6 Å². The number of thioether (sulfide) groups is 1. The van der Waals surface area contributed by atoms with Gasteiger partial charge >= 0.3 is 0 Å². The van der Waals surface area contributed by atoms with Gasteiger partial charge in [0.1, 0.15) is 5.78 Å². The van der Waals surface area contributed by atoms with Crippen LogP contribution in [-0.2, 0) is 11.2 Å². The number of carbonyl (C=O) groups is 1. The summed E-state index contributed by atoms with van der Waals surface area (Å²) >= 11 is 1.83. The summed E-state index contributed by atoms with van der Waals surface area (Å²) in [5.74, 6) is 0.358. The number of benzene rings is 2. The zero-order chi connectivity index (χ0) is 14.9. The van der Waals surface area contributed by atoms with Crippen LogP contribution in [-0.4, -0.2) is 11.0 Å². The zero-order valence-electron chi connectivity index (χ0n) is 12.5. The van der Waals surface area contributed by atoms with Crippen LogP contribution in [0.3, 0.4) is 0 Å². The fraction of sp³-hybridized carbons (Fsp3) is 0.316. The van der Waals surface area contributed by atoms with Crippen LogP contribution < -0.4 is 0 Å². The summed E-state index contributed by atoms with van der Waals surface area (Å²) in [6, 6.07) is 20.9. The second-order valence-corrected chi connectivity index (χ2v) is 6.55. The normalized spacial score (nSPS) is 12.0. The van der Waals surface area contributed by atoms with E-state index in [1.54, 1.807) is 0 Å². The molecule has 2 rings (SSSR count). The van der Waals surface area contributed by atoms with Gasteiger partial charge in [-0.1, -0.05) is 55.5 Å². The predicted octanol–water partition coefficient (Wildman–Crippen LogP) is 5.15. The Hall–Kier alpha value is -1.54. The lowest BCUT2D eigenvalue weighted by atomic mass is 10.0. The molecule has 0 heterocycles. The Labute approximate surface area is 131 Å². The molecular formula is C19H22OS. The second kappa shape index (κ2) is 8.68. The Kier molecular flexibility index (Phi) is 6.55. The van der Waals surface area contributed by atoms with Crippen LogP contribution in [0, 0.1) is 0 Å². The minimum atomic E-state index is 0.358. The Balaban J connectivity index is 1.96. The van der Waals surface area contributed by atoms with Gasteiger partial charge in [0, 0.05) is 23.0 Å². The van der Waals surface area contributed by atoms with Gasteiger partial charge in [-0.05, 0) is 30.5 Å². The van der Waals surface area contributed by atoms with E-state index in [9.17, 15) is 4.79 Å². The van der Waals surface area contributed by atoms with E-state index in [1.165, 1.54) is 10.5 Å². The van der Waals surface area contributed by atoms with Gasteiger partial charge in [-0.15, -0.1) is 11.8 Å². The van der Waals surface area contributed by atoms with E-state index in [1.807, 2.05) is 30.8 Å². The van der Waals surface area contributed by atoms with E-state index < -0.39 is 0 Å². The highest BCUT2D eigenvalue weighted by Crippen LogP contribution is 2.29. The van der Waals surface area contributed by atoms with Crippen molar-refractivity contribution >= 4 is 17.5 Å². The van der Waals surface area contributed by atoms with Crippen molar-refractivity contribution in [3.8, 4) is 0 Å². The third kappa shape index (κ3) is 5.76. The Morgan fingerprint density at radius 2 is 1.62 bits per heavy atom. The van der Waals surface area contributed by atoms with Crippen LogP contribution in [0.25, 0.3) is 0 Å². The average molecular weight is 298 g/mol. The van der Waals surface area contributed by atoms with E-state index in [-0.39, 0.29) is 0 Å². The van der Waals surface area contributed by atoms with E-state index in [0.29, 0.717) is 23.9 Å². The van der Waals surface area contributed by atoms with Gasteiger partial charge < -0.3 is 0 Å². The number of ketones is 1. The summed E-state index contributed by atoms with van der Waals surface area (Å²) < 4.78 is 0. The van der Waals surface area contributed by atoms with Gasteiger partial charge in [0.25, 0.3) is 0 Å². The molecule has 0 saturated heterocycles. The van der Waals surface area contributed by atoms with Crippen molar-refractivity contribution in [2.75, 3.05) is 0 Å². The Morgan fingerprint density at radius 1 is 1.00 bits per heavy atom. The summed E-state index contributed by atoms with van der Waals surface area (Å²) in [6.45, 7) is 1.95. The van der Waals surface area contributed by atoms with Crippen molar-refractivity contribution in [3.05, 3.63) is 66.2 Å². The van der Waals surface area contributed by atoms with Gasteiger partial charge in [-0.2, -0.15) is 0 Å². The molecule has 0 saturated carbocycles. The van der Waals surface area contributed by atoms with Crippen LogP contribution in [0.4, 0.5) is 0 Å². The smallest absolute Gasteiger partial charge is 0.133 e. The minimum absolute atomic E-state index is 0.358. The van der Waals surface area contributed by atoms with Gasteiger partial charge in [-0.3, -0.25) is 4.79 Å². The molecule has 110 valence electrons. The van der Waals surface area contributed by atoms with Gasteiger partial charge in [0.2, 0.25) is 0 Å². The topological polar surface area (TPSA) is 17.1 Å². The maximum absolute atomic E-state index is 11.8. The fourth-order valence-electron chi connectivity index (χ4n) is 2.26. The lowest BCUT2D eigenvalue weighted by molar-refractivity contribution is -0.118. The molecule has 2 aromatic rings. The predicted molar refractivity (Wildman–Crippen MR) is 90.8 cm³/mol. The second-order valence-electron chi connectivity index (χ2n) is 5.17. The SMILES string of the molecule is CCC(=O)CC(CCc1ccccc1)Sc1ccccc1. The molecule has 0 aliphatic carbocycles. The van der Waals surface area contributed by atoms with Crippen molar-refractivity contribution in [2.45, 2.75) is 42.8 Å². The fourth-order valence-corrected chi connectivity index (χ4v) is 3.47. The quantitative estimate of drug-likeness (QED) is 0.627. The Morgan fingerprint density at radius 3 is 2.24 bits per heavy atom. The van der Waals surface area contributed by atoms with Crippen LogP contribution >= 0.6 is 11.8 Å². The molecule has 21 heavy (non-hydrogen) atoms. The zero-order valence-corrected chi connectivity index (χ0v) is 13.3. The summed E-state index contributed by atoms with van der Waals surface area (Å²) in [6.07, 6.45) is 3.37. The van der Waals surface area contributed by atoms with Crippen LogP contribution in [0.5, 0.6) is 0 Å². The molecule has 0 aliphatic rings. The molecule has 0 N–H and O–H groups in total. The molecule has 1 nitrogen and oxygen atoms in total. The van der Waals surface area contributed by atoms with Crippen LogP contribution in [0.1, 0.15) is 31.7 Å². The first-order chi connectivity index (χ1) is 10.3. The molecule has 0 aromatic heterocycles. The molecule has 0 amide bonds. The lowest BCUT2D eigenvalue weighted by Gasteiger charge is -2.16. The highest BCUT2D eigenvalue weighted by Gasteiger charge is 2.14. The number of aryl methyl sites for hydroxylation is 1. The molecule has 1 atom stereocenters. The average Bonchev–Trinajstić information content (AvgIpc) is 2.54. The highest BCUT2D eigenvalue weighted by molar-refractivity contribution is 8.00. The molecule has 0 aliphatic heterocycles. The van der Waals surface area contributed by atoms with Crippen molar-refractivity contribution in [3.63, 3.8) is 0 Å². The number of hydrogen-bond acceptors (Lipinski definition) is 2. The number of carbonyl (C=O) groups excluding carboxylic acids is 1. The molecule has 0 bridgehead atoms. The highest BCUT2D eigenvalue weighted by atomic mass is 32.2. The number of rotatable bonds is 8. The summed E-state index contributed by atoms with van der Waals surface area (Å²) in [4.78, 5) is 13.1. The molecule has 1 unspecified atom stereocenters. The monoisotopic (exact) mass is 298 g/mol. The number of Topliss-reactive ketones (excluding diaryl/α,β-unsaturated/α-hetero) is 1. The molecular weight excluding hydrogens is 276 g/mol. The number of hydrogen-bond donors (Lipinski definition) is 0. The van der Waals surface area contributed by atoms with E-state index in [0.717, 1.165) is 12.8 Å². The third-order valence-corrected chi connectivity index (χ3v) is 4.77. The van der Waals surface area contributed by atoms with Crippen molar-refractivity contribution in [2.24, 2.45) is 0 Å². The van der Waals surface area contributed by atoms with E-state index in [4.69, 9.17) is 0 Å². The van der Waals surface area contributed by atoms with Gasteiger partial charge in [0.15, 0.2) is 0 Å². The van der Waals surface area contributed by atoms with Gasteiger partial charge in [0.05, 0.1) is 0 Å². The summed E-state index contributed by atoms with van der Waals surface area (Å²) in [5, 5.41) is 0.361. The standard InChI is InChI=1S/C19H22OS/c1-2-17(20)15-19(21-18-11-7-4-8-12-18)14-13-16-9-5-3-6-10-16/h3-12,19H,2,13-15H2,1H3. The van der Waals surface area contributed by atoms with E-state index >= 15 is 0 Å². The molecule has 2 aromatic carbocycles.